The highest BCUT2D eigenvalue weighted by atomic mass is 16.5. The zero-order chi connectivity index (χ0) is 18.6. The van der Waals surface area contributed by atoms with Gasteiger partial charge in [-0.3, -0.25) is 9.59 Å². The molecule has 1 unspecified atom stereocenters. The van der Waals surface area contributed by atoms with Crippen LogP contribution in [0.3, 0.4) is 0 Å². The van der Waals surface area contributed by atoms with Gasteiger partial charge in [0.15, 0.2) is 11.5 Å². The number of carbonyl (C=O) groups is 2. The zero-order valence-corrected chi connectivity index (χ0v) is 14.6. The third-order valence-electron chi connectivity index (χ3n) is 4.07. The van der Waals surface area contributed by atoms with E-state index in [4.69, 9.17) is 14.2 Å². The fraction of sp³-hybridized carbons (Fsp3) is 0.471. The van der Waals surface area contributed by atoms with Gasteiger partial charge in [0.1, 0.15) is 6.04 Å². The SMILES string of the molecule is COC(=O)CCCN1C(=O)c2c(cc(OC)c(OC)c2OC)C1C#N. The van der Waals surface area contributed by atoms with Crippen LogP contribution in [0.4, 0.5) is 0 Å². The lowest BCUT2D eigenvalue weighted by atomic mass is 10.0. The van der Waals surface area contributed by atoms with Crippen molar-refractivity contribution in [2.75, 3.05) is 35.0 Å². The summed E-state index contributed by atoms with van der Waals surface area (Å²) in [7, 11) is 5.64. The van der Waals surface area contributed by atoms with Crippen molar-refractivity contribution in [3.63, 3.8) is 0 Å². The number of benzene rings is 1. The number of esters is 1. The van der Waals surface area contributed by atoms with E-state index in [1.54, 1.807) is 6.07 Å². The molecular weight excluding hydrogens is 328 g/mol. The van der Waals surface area contributed by atoms with Crippen molar-refractivity contribution in [2.45, 2.75) is 18.9 Å². The Morgan fingerprint density at radius 1 is 1.20 bits per heavy atom. The number of ether oxygens (including phenoxy) is 4. The van der Waals surface area contributed by atoms with E-state index < -0.39 is 6.04 Å². The molecule has 2 rings (SSSR count). The van der Waals surface area contributed by atoms with E-state index in [2.05, 4.69) is 10.8 Å². The summed E-state index contributed by atoms with van der Waals surface area (Å²) in [5.41, 5.74) is 0.782. The van der Waals surface area contributed by atoms with Crippen LogP contribution in [0, 0.1) is 11.3 Å². The fourth-order valence-corrected chi connectivity index (χ4v) is 2.91. The van der Waals surface area contributed by atoms with E-state index in [0.29, 0.717) is 23.5 Å². The summed E-state index contributed by atoms with van der Waals surface area (Å²) in [6.45, 7) is 0.245. The molecule has 0 N–H and O–H groups in total. The topological polar surface area (TPSA) is 98.1 Å². The maximum Gasteiger partial charge on any atom is 0.305 e. The minimum absolute atomic E-state index is 0.165. The van der Waals surface area contributed by atoms with Gasteiger partial charge in [-0.15, -0.1) is 0 Å². The molecule has 0 aromatic heterocycles. The minimum Gasteiger partial charge on any atom is -0.493 e. The molecule has 0 fully saturated rings. The highest BCUT2D eigenvalue weighted by Crippen LogP contribution is 2.48. The molecule has 1 amide bonds. The number of hydrogen-bond donors (Lipinski definition) is 0. The predicted molar refractivity (Wildman–Crippen MR) is 86.7 cm³/mol. The average molecular weight is 348 g/mol. The molecule has 8 heteroatoms. The summed E-state index contributed by atoms with van der Waals surface area (Å²) in [6.07, 6.45) is 0.555. The van der Waals surface area contributed by atoms with E-state index in [1.165, 1.54) is 33.3 Å². The number of hydrogen-bond acceptors (Lipinski definition) is 7. The molecule has 0 bridgehead atoms. The Hall–Kier alpha value is -2.95. The maximum atomic E-state index is 12.8. The number of nitrogens with zero attached hydrogens (tertiary/aromatic N) is 2. The molecule has 134 valence electrons. The first-order valence-electron chi connectivity index (χ1n) is 7.64. The fourth-order valence-electron chi connectivity index (χ4n) is 2.91. The van der Waals surface area contributed by atoms with Gasteiger partial charge in [-0.05, 0) is 12.5 Å². The molecule has 0 radical (unpaired) electrons. The number of rotatable bonds is 7. The number of amides is 1. The van der Waals surface area contributed by atoms with Gasteiger partial charge in [0, 0.05) is 18.5 Å². The van der Waals surface area contributed by atoms with Crippen molar-refractivity contribution >= 4 is 11.9 Å². The Morgan fingerprint density at radius 2 is 1.88 bits per heavy atom. The Balaban J connectivity index is 2.41. The molecule has 1 heterocycles. The Labute approximate surface area is 145 Å². The van der Waals surface area contributed by atoms with E-state index in [0.717, 1.165) is 0 Å². The van der Waals surface area contributed by atoms with Crippen LogP contribution in [0.1, 0.15) is 34.8 Å². The molecule has 8 nitrogen and oxygen atoms in total. The summed E-state index contributed by atoms with van der Waals surface area (Å²) >= 11 is 0. The summed E-state index contributed by atoms with van der Waals surface area (Å²) in [5.74, 6) is 0.202. The maximum absolute atomic E-state index is 12.8. The van der Waals surface area contributed by atoms with Gasteiger partial charge in [0.25, 0.3) is 5.91 Å². The van der Waals surface area contributed by atoms with Crippen molar-refractivity contribution < 1.29 is 28.5 Å². The summed E-state index contributed by atoms with van der Waals surface area (Å²) in [4.78, 5) is 25.5. The Morgan fingerprint density at radius 3 is 2.40 bits per heavy atom. The summed E-state index contributed by atoms with van der Waals surface area (Å²) in [5, 5.41) is 9.56. The first-order chi connectivity index (χ1) is 12.0. The Bertz CT molecular complexity index is 725. The first kappa shape index (κ1) is 18.4. The summed E-state index contributed by atoms with van der Waals surface area (Å²) in [6, 6.07) is 2.96. The highest BCUT2D eigenvalue weighted by Gasteiger charge is 2.41. The monoisotopic (exact) mass is 348 g/mol. The third kappa shape index (κ3) is 3.18. The first-order valence-corrected chi connectivity index (χ1v) is 7.64. The van der Waals surface area contributed by atoms with E-state index in [9.17, 15) is 14.9 Å². The second kappa shape index (κ2) is 7.75. The number of carbonyl (C=O) groups excluding carboxylic acids is 2. The van der Waals surface area contributed by atoms with E-state index in [1.807, 2.05) is 0 Å². The van der Waals surface area contributed by atoms with Crippen LogP contribution < -0.4 is 14.2 Å². The molecule has 0 saturated heterocycles. The van der Waals surface area contributed by atoms with Gasteiger partial charge in [-0.25, -0.2) is 0 Å². The largest absolute Gasteiger partial charge is 0.493 e. The molecule has 1 aromatic carbocycles. The quantitative estimate of drug-likeness (QED) is 0.691. The smallest absolute Gasteiger partial charge is 0.305 e. The Kier molecular flexibility index (Phi) is 5.70. The number of fused-ring (bicyclic) bond motifs is 1. The van der Waals surface area contributed by atoms with Gasteiger partial charge in [-0.2, -0.15) is 5.26 Å². The molecule has 0 aliphatic carbocycles. The van der Waals surface area contributed by atoms with Crippen molar-refractivity contribution in [1.82, 2.24) is 4.90 Å². The average Bonchev–Trinajstić information content (AvgIpc) is 2.90. The van der Waals surface area contributed by atoms with Crippen LogP contribution in [0.5, 0.6) is 17.2 Å². The molecule has 1 atom stereocenters. The van der Waals surface area contributed by atoms with Crippen LogP contribution >= 0.6 is 0 Å². The van der Waals surface area contributed by atoms with Gasteiger partial charge in [0.2, 0.25) is 5.75 Å². The van der Waals surface area contributed by atoms with Crippen LogP contribution in [-0.2, 0) is 9.53 Å². The number of nitriles is 1. The molecule has 0 spiro atoms. The molecule has 0 saturated carbocycles. The van der Waals surface area contributed by atoms with Crippen molar-refractivity contribution in [3.05, 3.63) is 17.2 Å². The highest BCUT2D eigenvalue weighted by molar-refractivity contribution is 6.03. The van der Waals surface area contributed by atoms with Crippen molar-refractivity contribution in [3.8, 4) is 23.3 Å². The predicted octanol–water partition coefficient (Wildman–Crippen LogP) is 1.69. The van der Waals surface area contributed by atoms with Crippen molar-refractivity contribution in [1.29, 1.82) is 5.26 Å². The van der Waals surface area contributed by atoms with E-state index in [-0.39, 0.29) is 36.2 Å². The lowest BCUT2D eigenvalue weighted by Gasteiger charge is -2.19. The standard InChI is InChI=1S/C17H20N2O6/c1-22-12-8-10-11(9-18)19(7-5-6-13(20)23-2)17(21)14(10)16(25-4)15(12)24-3/h8,11H,5-7H2,1-4H3. The van der Waals surface area contributed by atoms with Crippen LogP contribution in [0.2, 0.25) is 0 Å². The molecular formula is C17H20N2O6. The van der Waals surface area contributed by atoms with E-state index >= 15 is 0 Å². The van der Waals surface area contributed by atoms with Gasteiger partial charge in [-0.1, -0.05) is 0 Å². The lowest BCUT2D eigenvalue weighted by molar-refractivity contribution is -0.140. The van der Waals surface area contributed by atoms with Crippen LogP contribution in [-0.4, -0.2) is 51.8 Å². The minimum atomic E-state index is -0.783. The van der Waals surface area contributed by atoms with Gasteiger partial charge >= 0.3 is 5.97 Å². The molecule has 25 heavy (non-hydrogen) atoms. The van der Waals surface area contributed by atoms with Crippen LogP contribution in [0.15, 0.2) is 6.07 Å². The number of methoxy groups -OCH3 is 4. The second-order valence-corrected chi connectivity index (χ2v) is 5.32. The normalized spacial score (nSPS) is 15.4. The molecule has 1 aromatic rings. The molecule has 1 aliphatic rings. The van der Waals surface area contributed by atoms with Crippen molar-refractivity contribution in [2.24, 2.45) is 0 Å². The van der Waals surface area contributed by atoms with Gasteiger partial charge in [0.05, 0.1) is 40.1 Å². The summed E-state index contributed by atoms with van der Waals surface area (Å²) < 4.78 is 20.5. The van der Waals surface area contributed by atoms with Crippen LogP contribution in [0.25, 0.3) is 0 Å². The zero-order valence-electron chi connectivity index (χ0n) is 14.6. The molecule has 1 aliphatic heterocycles. The van der Waals surface area contributed by atoms with Gasteiger partial charge < -0.3 is 23.8 Å². The third-order valence-corrected chi connectivity index (χ3v) is 4.07. The second-order valence-electron chi connectivity index (χ2n) is 5.32. The lowest BCUT2D eigenvalue weighted by Crippen LogP contribution is -2.29.